The number of rotatable bonds is 28. The summed E-state index contributed by atoms with van der Waals surface area (Å²) in [6, 6.07) is 0. The van der Waals surface area contributed by atoms with E-state index in [4.69, 9.17) is 0 Å². The Morgan fingerprint density at radius 1 is 0.286 bits per heavy atom. The second kappa shape index (κ2) is 34.1. The molecular formula is C32H68BrKN. The van der Waals surface area contributed by atoms with E-state index in [9.17, 15) is 0 Å². The molecule has 0 aromatic rings. The van der Waals surface area contributed by atoms with Crippen LogP contribution in [0.25, 0.3) is 0 Å². The molecule has 0 aromatic carbocycles. The van der Waals surface area contributed by atoms with E-state index in [-0.39, 0.29) is 68.4 Å². The van der Waals surface area contributed by atoms with Crippen LogP contribution in [0.2, 0.25) is 0 Å². The fourth-order valence-corrected chi connectivity index (χ4v) is 5.58. The predicted molar refractivity (Wildman–Crippen MR) is 159 cm³/mol. The van der Waals surface area contributed by atoms with Crippen LogP contribution in [-0.2, 0) is 0 Å². The topological polar surface area (TPSA) is 0 Å². The SMILES string of the molecule is CCCCCCCC[N+](CCCCCCCC)(CCCCCCCC)CCCCCCCC.[Br-].[K]. The molecule has 0 bridgehead atoms. The fraction of sp³-hybridized carbons (Fsp3) is 1.00. The number of quaternary nitrogens is 1. The average Bonchev–Trinajstić information content (AvgIpc) is 2.83. The number of unbranched alkanes of at least 4 members (excludes halogenated alkanes) is 20. The Balaban J connectivity index is -0.00000512. The van der Waals surface area contributed by atoms with E-state index < -0.39 is 0 Å². The summed E-state index contributed by atoms with van der Waals surface area (Å²) in [5.74, 6) is 0. The monoisotopic (exact) mass is 584 g/mol. The summed E-state index contributed by atoms with van der Waals surface area (Å²) in [6.07, 6.45) is 34.8. The molecule has 0 spiro atoms. The van der Waals surface area contributed by atoms with Gasteiger partial charge in [-0.25, -0.2) is 0 Å². The Kier molecular flexibility index (Phi) is 40.5. The first-order valence-electron chi connectivity index (χ1n) is 16.1. The first-order valence-corrected chi connectivity index (χ1v) is 16.1. The molecule has 0 saturated carbocycles. The van der Waals surface area contributed by atoms with Gasteiger partial charge in [0.15, 0.2) is 0 Å². The van der Waals surface area contributed by atoms with Gasteiger partial charge in [0.2, 0.25) is 0 Å². The Labute approximate surface area is 277 Å². The third-order valence-electron chi connectivity index (χ3n) is 7.94. The van der Waals surface area contributed by atoms with Gasteiger partial charge in [-0.05, 0) is 51.4 Å². The maximum Gasteiger partial charge on any atom is 0.0786 e. The molecule has 0 aliphatic heterocycles. The largest absolute Gasteiger partial charge is 1.00 e. The van der Waals surface area contributed by atoms with Crippen molar-refractivity contribution in [2.24, 2.45) is 0 Å². The van der Waals surface area contributed by atoms with Crippen LogP contribution in [0.3, 0.4) is 0 Å². The second-order valence-electron chi connectivity index (χ2n) is 11.3. The van der Waals surface area contributed by atoms with Gasteiger partial charge >= 0.3 is 0 Å². The average molecular weight is 586 g/mol. The van der Waals surface area contributed by atoms with Crippen LogP contribution in [0.4, 0.5) is 0 Å². The summed E-state index contributed by atoms with van der Waals surface area (Å²) in [5, 5.41) is 0. The minimum absolute atomic E-state index is 0. The van der Waals surface area contributed by atoms with Crippen LogP contribution < -0.4 is 17.0 Å². The van der Waals surface area contributed by atoms with E-state index in [0.717, 1.165) is 0 Å². The van der Waals surface area contributed by atoms with Gasteiger partial charge in [0.05, 0.1) is 26.2 Å². The van der Waals surface area contributed by atoms with Crippen LogP contribution in [0.5, 0.6) is 0 Å². The van der Waals surface area contributed by atoms with Crippen LogP contribution in [0, 0.1) is 0 Å². The van der Waals surface area contributed by atoms with Crippen molar-refractivity contribution < 1.29 is 21.5 Å². The maximum atomic E-state index is 2.34. The fourth-order valence-electron chi connectivity index (χ4n) is 5.58. The van der Waals surface area contributed by atoms with Gasteiger partial charge < -0.3 is 21.5 Å². The van der Waals surface area contributed by atoms with E-state index in [2.05, 4.69) is 27.7 Å². The molecule has 1 nitrogen and oxygen atoms in total. The summed E-state index contributed by atoms with van der Waals surface area (Å²) in [5.41, 5.74) is 0. The van der Waals surface area contributed by atoms with Crippen molar-refractivity contribution in [2.75, 3.05) is 26.2 Å². The van der Waals surface area contributed by atoms with Gasteiger partial charge in [-0.2, -0.15) is 0 Å². The zero-order valence-corrected chi connectivity index (χ0v) is 30.3. The standard InChI is InChI=1S/C32H68N.BrH.K/c1-5-9-13-17-21-25-29-33(30-26-22-18-14-10-6-2,31-27-23-19-15-11-7-3)32-28-24-20-16-12-8-4;;/h5-32H2,1-4H3;1H;/q+1;;/p-1. The summed E-state index contributed by atoms with van der Waals surface area (Å²) in [4.78, 5) is 0. The molecule has 0 heterocycles. The molecule has 0 aromatic heterocycles. The molecular weight excluding hydrogens is 517 g/mol. The Morgan fingerprint density at radius 2 is 0.457 bits per heavy atom. The van der Waals surface area contributed by atoms with Gasteiger partial charge in [0, 0.05) is 51.4 Å². The van der Waals surface area contributed by atoms with Gasteiger partial charge in [0.25, 0.3) is 0 Å². The number of hydrogen-bond donors (Lipinski definition) is 0. The minimum atomic E-state index is 0. The van der Waals surface area contributed by atoms with Crippen molar-refractivity contribution in [1.29, 1.82) is 0 Å². The summed E-state index contributed by atoms with van der Waals surface area (Å²) >= 11 is 0. The Bertz CT molecular complexity index is 294. The number of halogens is 1. The molecule has 0 aliphatic rings. The third-order valence-corrected chi connectivity index (χ3v) is 7.94. The molecule has 0 fully saturated rings. The molecule has 209 valence electrons. The first-order chi connectivity index (χ1) is 16.2. The third kappa shape index (κ3) is 28.9. The van der Waals surface area contributed by atoms with Gasteiger partial charge in [0.1, 0.15) is 0 Å². The predicted octanol–water partition coefficient (Wildman–Crippen LogP) is 7.87. The molecule has 0 unspecified atom stereocenters. The molecule has 0 aliphatic carbocycles. The second-order valence-corrected chi connectivity index (χ2v) is 11.3. The van der Waals surface area contributed by atoms with E-state index in [1.54, 1.807) is 0 Å². The Morgan fingerprint density at radius 3 is 0.657 bits per heavy atom. The van der Waals surface area contributed by atoms with Crippen LogP contribution in [0.15, 0.2) is 0 Å². The smallest absolute Gasteiger partial charge is 0.0786 e. The summed E-state index contributed by atoms with van der Waals surface area (Å²) in [6.45, 7) is 15.3. The zero-order valence-electron chi connectivity index (χ0n) is 25.6. The molecule has 3 heteroatoms. The molecule has 0 saturated heterocycles. The quantitative estimate of drug-likeness (QED) is 0.0498. The normalized spacial score (nSPS) is 11.3. The van der Waals surface area contributed by atoms with Crippen LogP contribution >= 0.6 is 0 Å². The van der Waals surface area contributed by atoms with E-state index in [0.29, 0.717) is 0 Å². The first kappa shape index (κ1) is 41.6. The van der Waals surface area contributed by atoms with Crippen molar-refractivity contribution in [1.82, 2.24) is 0 Å². The van der Waals surface area contributed by atoms with E-state index in [1.165, 1.54) is 185 Å². The molecule has 0 amide bonds. The maximum absolute atomic E-state index is 2.34. The van der Waals surface area contributed by atoms with Gasteiger partial charge in [-0.3, -0.25) is 0 Å². The number of hydrogen-bond acceptors (Lipinski definition) is 0. The van der Waals surface area contributed by atoms with Crippen molar-refractivity contribution in [3.8, 4) is 0 Å². The summed E-state index contributed by atoms with van der Waals surface area (Å²) in [7, 11) is 0. The van der Waals surface area contributed by atoms with Crippen molar-refractivity contribution in [3.05, 3.63) is 0 Å². The van der Waals surface area contributed by atoms with E-state index in [1.807, 2.05) is 0 Å². The number of nitrogens with zero attached hydrogens (tertiary/aromatic N) is 1. The molecule has 0 N–H and O–H groups in total. The van der Waals surface area contributed by atoms with Crippen molar-refractivity contribution in [3.63, 3.8) is 0 Å². The van der Waals surface area contributed by atoms with Crippen molar-refractivity contribution in [2.45, 2.75) is 182 Å². The van der Waals surface area contributed by atoms with Gasteiger partial charge in [-0.15, -0.1) is 0 Å². The van der Waals surface area contributed by atoms with E-state index >= 15 is 0 Å². The van der Waals surface area contributed by atoms with Crippen molar-refractivity contribution >= 4 is 51.4 Å². The molecule has 0 atom stereocenters. The molecule has 0 rings (SSSR count). The molecule has 1 radical (unpaired) electrons. The summed E-state index contributed by atoms with van der Waals surface area (Å²) < 4.78 is 1.48. The van der Waals surface area contributed by atoms with Crippen LogP contribution in [0.1, 0.15) is 182 Å². The van der Waals surface area contributed by atoms with Crippen LogP contribution in [-0.4, -0.2) is 82.0 Å². The zero-order chi connectivity index (χ0) is 24.3. The van der Waals surface area contributed by atoms with Gasteiger partial charge in [-0.1, -0.05) is 130 Å². The minimum Gasteiger partial charge on any atom is -1.00 e. The molecule has 35 heavy (non-hydrogen) atoms. The Hall–Kier alpha value is 2.08.